The number of rotatable bonds is 6. The van der Waals surface area contributed by atoms with Crippen LogP contribution >= 0.6 is 0 Å². The van der Waals surface area contributed by atoms with Crippen LogP contribution in [0.1, 0.15) is 57.3 Å². The van der Waals surface area contributed by atoms with Crippen molar-refractivity contribution in [3.05, 3.63) is 11.4 Å². The van der Waals surface area contributed by atoms with E-state index in [1.54, 1.807) is 18.5 Å². The maximum atomic E-state index is 13.2. The zero-order chi connectivity index (χ0) is 21.2. The van der Waals surface area contributed by atoms with Gasteiger partial charge in [0.15, 0.2) is 0 Å². The van der Waals surface area contributed by atoms with Gasteiger partial charge in [0.1, 0.15) is 11.4 Å². The van der Waals surface area contributed by atoms with Gasteiger partial charge in [0.25, 0.3) is 0 Å². The Kier molecular flexibility index (Phi) is 7.01. The highest BCUT2D eigenvalue weighted by atomic mass is 32.2. The molecule has 1 amide bonds. The molecule has 29 heavy (non-hydrogen) atoms. The van der Waals surface area contributed by atoms with Gasteiger partial charge in [-0.05, 0) is 40.5 Å². The molecule has 0 bridgehead atoms. The van der Waals surface area contributed by atoms with E-state index in [1.807, 2.05) is 18.7 Å². The lowest BCUT2D eigenvalue weighted by molar-refractivity contribution is -0.137. The summed E-state index contributed by atoms with van der Waals surface area (Å²) in [5.74, 6) is 0.00724. The van der Waals surface area contributed by atoms with Crippen molar-refractivity contribution in [1.82, 2.24) is 19.0 Å². The molecule has 2 aliphatic rings. The Hall–Kier alpha value is -1.45. The van der Waals surface area contributed by atoms with E-state index in [2.05, 4.69) is 5.10 Å². The smallest absolute Gasteiger partial charge is 0.246 e. The summed E-state index contributed by atoms with van der Waals surface area (Å²) in [6.07, 6.45) is 5.62. The molecular formula is C20H34N4O4S. The topological polar surface area (TPSA) is 84.7 Å². The van der Waals surface area contributed by atoms with E-state index in [-0.39, 0.29) is 29.4 Å². The number of carbonyl (C=O) groups is 1. The molecule has 0 spiro atoms. The van der Waals surface area contributed by atoms with Gasteiger partial charge in [-0.2, -0.15) is 9.40 Å². The van der Waals surface area contributed by atoms with Gasteiger partial charge in [-0.25, -0.2) is 8.42 Å². The van der Waals surface area contributed by atoms with Gasteiger partial charge >= 0.3 is 0 Å². The van der Waals surface area contributed by atoms with Gasteiger partial charge in [-0.1, -0.05) is 19.3 Å². The van der Waals surface area contributed by atoms with Gasteiger partial charge in [0.2, 0.25) is 15.9 Å². The zero-order valence-corrected chi connectivity index (χ0v) is 18.9. The first-order valence-corrected chi connectivity index (χ1v) is 12.1. The normalized spacial score (nSPS) is 19.6. The van der Waals surface area contributed by atoms with E-state index in [4.69, 9.17) is 4.74 Å². The molecule has 0 unspecified atom stereocenters. The fraction of sp³-hybridized carbons (Fsp3) is 0.800. The summed E-state index contributed by atoms with van der Waals surface area (Å²) >= 11 is 0. The number of carbonyl (C=O) groups excluding carboxylic acids is 1. The van der Waals surface area contributed by atoms with Crippen molar-refractivity contribution in [2.45, 2.75) is 83.3 Å². The van der Waals surface area contributed by atoms with Crippen molar-refractivity contribution < 1.29 is 17.9 Å². The van der Waals surface area contributed by atoms with E-state index in [0.29, 0.717) is 37.7 Å². The predicted molar refractivity (Wildman–Crippen MR) is 110 cm³/mol. The maximum Gasteiger partial charge on any atom is 0.246 e. The van der Waals surface area contributed by atoms with Crippen LogP contribution in [0.25, 0.3) is 0 Å². The Labute approximate surface area is 174 Å². The average molecular weight is 427 g/mol. The van der Waals surface area contributed by atoms with Gasteiger partial charge in [0.05, 0.1) is 24.6 Å². The quantitative estimate of drug-likeness (QED) is 0.695. The molecule has 3 rings (SSSR count). The monoisotopic (exact) mass is 426 g/mol. The third-order valence-corrected chi connectivity index (χ3v) is 8.13. The highest BCUT2D eigenvalue weighted by Crippen LogP contribution is 2.27. The minimum Gasteiger partial charge on any atom is -0.379 e. The van der Waals surface area contributed by atoms with E-state index in [0.717, 1.165) is 25.7 Å². The Bertz CT molecular complexity index is 822. The van der Waals surface area contributed by atoms with Crippen molar-refractivity contribution in [3.8, 4) is 0 Å². The lowest BCUT2D eigenvalue weighted by atomic mass is 9.93. The minimum absolute atomic E-state index is 0.00724. The molecule has 1 aliphatic heterocycles. The summed E-state index contributed by atoms with van der Waals surface area (Å²) in [5.41, 5.74) is 0.963. The van der Waals surface area contributed by atoms with Crippen LogP contribution in [0.5, 0.6) is 0 Å². The fourth-order valence-corrected chi connectivity index (χ4v) is 6.39. The van der Waals surface area contributed by atoms with Gasteiger partial charge in [-0.15, -0.1) is 0 Å². The van der Waals surface area contributed by atoms with Crippen LogP contribution < -0.4 is 0 Å². The number of aryl methyl sites for hydroxylation is 1. The first kappa shape index (κ1) is 22.2. The number of nitrogens with zero attached hydrogens (tertiary/aromatic N) is 4. The number of sulfonamides is 1. The predicted octanol–water partition coefficient (Wildman–Crippen LogP) is 2.09. The molecule has 1 aromatic heterocycles. The molecule has 9 heteroatoms. The molecule has 0 radical (unpaired) electrons. The van der Waals surface area contributed by atoms with Crippen molar-refractivity contribution in [2.75, 3.05) is 26.3 Å². The summed E-state index contributed by atoms with van der Waals surface area (Å²) < 4.78 is 34.6. The molecule has 8 nitrogen and oxygen atoms in total. The van der Waals surface area contributed by atoms with Gasteiger partial charge < -0.3 is 9.64 Å². The molecule has 0 aromatic carbocycles. The number of ether oxygens (including phenoxy) is 1. The largest absolute Gasteiger partial charge is 0.379 e. The molecule has 164 valence electrons. The molecule has 1 saturated carbocycles. The van der Waals surface area contributed by atoms with Crippen LogP contribution in [0.3, 0.4) is 0 Å². The molecule has 1 saturated heterocycles. The number of amides is 1. The molecule has 0 N–H and O–H groups in total. The lowest BCUT2D eigenvalue weighted by Gasteiger charge is -2.37. The standard InChI is InChI=1S/C20H34N4O4S/c1-15(2)24(18-8-6-5-7-9-18)19(25)14-23-17(4)20(16(3)21-23)29(26,27)22-10-12-28-13-11-22/h15,18H,5-14H2,1-4H3. The summed E-state index contributed by atoms with van der Waals surface area (Å²) in [6, 6.07) is 0.379. The van der Waals surface area contributed by atoms with Crippen LogP contribution in [0.4, 0.5) is 0 Å². The van der Waals surface area contributed by atoms with Crippen LogP contribution in [0, 0.1) is 13.8 Å². The van der Waals surface area contributed by atoms with Crippen molar-refractivity contribution in [3.63, 3.8) is 0 Å². The van der Waals surface area contributed by atoms with Crippen LogP contribution in [0.2, 0.25) is 0 Å². The molecular weight excluding hydrogens is 392 g/mol. The third kappa shape index (κ3) is 4.67. The van der Waals surface area contributed by atoms with Gasteiger partial charge in [-0.3, -0.25) is 9.48 Å². The highest BCUT2D eigenvalue weighted by Gasteiger charge is 2.33. The van der Waals surface area contributed by atoms with E-state index in [9.17, 15) is 13.2 Å². The van der Waals surface area contributed by atoms with Crippen LogP contribution in [-0.2, 0) is 26.1 Å². The van der Waals surface area contributed by atoms with Gasteiger partial charge in [0, 0.05) is 25.2 Å². The summed E-state index contributed by atoms with van der Waals surface area (Å²) in [4.78, 5) is 15.4. The van der Waals surface area contributed by atoms with Crippen molar-refractivity contribution in [1.29, 1.82) is 0 Å². The highest BCUT2D eigenvalue weighted by molar-refractivity contribution is 7.89. The number of hydrogen-bond donors (Lipinski definition) is 0. The molecule has 1 aromatic rings. The summed E-state index contributed by atoms with van der Waals surface area (Å²) in [7, 11) is -3.65. The summed E-state index contributed by atoms with van der Waals surface area (Å²) in [5, 5.41) is 4.43. The first-order chi connectivity index (χ1) is 13.7. The van der Waals surface area contributed by atoms with E-state index < -0.39 is 10.0 Å². The molecule has 0 atom stereocenters. The number of morpholine rings is 1. The van der Waals surface area contributed by atoms with Crippen molar-refractivity contribution in [2.24, 2.45) is 0 Å². The molecule has 2 heterocycles. The van der Waals surface area contributed by atoms with E-state index in [1.165, 1.54) is 10.7 Å². The number of aromatic nitrogens is 2. The second-order valence-corrected chi connectivity index (χ2v) is 10.2. The second kappa shape index (κ2) is 9.14. The maximum absolute atomic E-state index is 13.2. The zero-order valence-electron chi connectivity index (χ0n) is 18.1. The average Bonchev–Trinajstić information content (AvgIpc) is 2.96. The fourth-order valence-electron chi connectivity index (χ4n) is 4.61. The lowest BCUT2D eigenvalue weighted by Crippen LogP contribution is -2.47. The Morgan fingerprint density at radius 1 is 1.17 bits per heavy atom. The third-order valence-electron chi connectivity index (χ3n) is 5.98. The number of hydrogen-bond acceptors (Lipinski definition) is 5. The van der Waals surface area contributed by atoms with Crippen LogP contribution in [0.15, 0.2) is 4.90 Å². The van der Waals surface area contributed by atoms with Crippen molar-refractivity contribution >= 4 is 15.9 Å². The Balaban J connectivity index is 1.82. The second-order valence-electron chi connectivity index (χ2n) is 8.36. The Morgan fingerprint density at radius 3 is 2.38 bits per heavy atom. The summed E-state index contributed by atoms with van der Waals surface area (Å²) in [6.45, 7) is 9.07. The van der Waals surface area contributed by atoms with E-state index >= 15 is 0 Å². The molecule has 2 fully saturated rings. The molecule has 1 aliphatic carbocycles. The first-order valence-electron chi connectivity index (χ1n) is 10.7. The SMILES string of the molecule is Cc1nn(CC(=O)N(C(C)C)C2CCCCC2)c(C)c1S(=O)(=O)N1CCOCC1. The van der Waals surface area contributed by atoms with Crippen LogP contribution in [-0.4, -0.2) is 71.7 Å². The minimum atomic E-state index is -3.65. The Morgan fingerprint density at radius 2 is 1.79 bits per heavy atom.